The van der Waals surface area contributed by atoms with Crippen LogP contribution in [0.3, 0.4) is 0 Å². The van der Waals surface area contributed by atoms with E-state index in [1.54, 1.807) is 24.3 Å². The predicted molar refractivity (Wildman–Crippen MR) is 73.4 cm³/mol. The Bertz CT molecular complexity index is 496. The molecule has 2 rings (SSSR count). The van der Waals surface area contributed by atoms with E-state index >= 15 is 0 Å². The van der Waals surface area contributed by atoms with Gasteiger partial charge in [-0.05, 0) is 37.1 Å². The fourth-order valence-electron chi connectivity index (χ4n) is 2.35. The normalized spacial score (nSPS) is 24.8. The van der Waals surface area contributed by atoms with E-state index in [0.29, 0.717) is 10.9 Å². The molecule has 100 valence electrons. The van der Waals surface area contributed by atoms with Gasteiger partial charge in [0.15, 0.2) is 9.84 Å². The Kier molecular flexibility index (Phi) is 3.92. The summed E-state index contributed by atoms with van der Waals surface area (Å²) in [6.07, 6.45) is 5.75. The Hall–Kier alpha value is -1.07. The second-order valence-electron chi connectivity index (χ2n) is 5.00. The summed E-state index contributed by atoms with van der Waals surface area (Å²) in [6.45, 7) is 0. The van der Waals surface area contributed by atoms with E-state index < -0.39 is 9.84 Å². The van der Waals surface area contributed by atoms with Crippen LogP contribution in [0.1, 0.15) is 25.7 Å². The van der Waals surface area contributed by atoms with Crippen molar-refractivity contribution in [3.05, 3.63) is 24.3 Å². The first-order valence-electron chi connectivity index (χ1n) is 6.29. The lowest BCUT2D eigenvalue weighted by atomic mass is 9.91. The highest BCUT2D eigenvalue weighted by atomic mass is 32.2. The van der Waals surface area contributed by atoms with Gasteiger partial charge < -0.3 is 11.1 Å². The molecule has 1 aromatic carbocycles. The Morgan fingerprint density at radius 2 is 1.78 bits per heavy atom. The minimum Gasteiger partial charge on any atom is -0.381 e. The molecule has 5 heteroatoms. The van der Waals surface area contributed by atoms with Crippen molar-refractivity contribution in [2.75, 3.05) is 11.6 Å². The molecule has 1 aliphatic rings. The van der Waals surface area contributed by atoms with Gasteiger partial charge in [0.25, 0.3) is 0 Å². The van der Waals surface area contributed by atoms with Crippen molar-refractivity contribution in [3.8, 4) is 0 Å². The molecule has 0 heterocycles. The molecule has 0 radical (unpaired) electrons. The number of nitrogens with two attached hydrogens (primary N) is 1. The van der Waals surface area contributed by atoms with Crippen LogP contribution in [-0.2, 0) is 9.84 Å². The lowest BCUT2D eigenvalue weighted by molar-refractivity contribution is 0.404. The van der Waals surface area contributed by atoms with E-state index in [2.05, 4.69) is 5.32 Å². The topological polar surface area (TPSA) is 72.2 Å². The second kappa shape index (κ2) is 5.28. The minimum atomic E-state index is -3.12. The molecule has 0 amide bonds. The number of rotatable bonds is 3. The summed E-state index contributed by atoms with van der Waals surface area (Å²) in [4.78, 5) is 0.348. The first-order chi connectivity index (χ1) is 8.47. The van der Waals surface area contributed by atoms with Gasteiger partial charge in [0.2, 0.25) is 0 Å². The van der Waals surface area contributed by atoms with E-state index in [-0.39, 0.29) is 6.04 Å². The molecule has 18 heavy (non-hydrogen) atoms. The zero-order valence-corrected chi connectivity index (χ0v) is 11.4. The summed E-state index contributed by atoms with van der Waals surface area (Å²) in [5.41, 5.74) is 7.00. The summed E-state index contributed by atoms with van der Waals surface area (Å²) in [5.74, 6) is 0. The van der Waals surface area contributed by atoms with Crippen LogP contribution in [0.2, 0.25) is 0 Å². The van der Waals surface area contributed by atoms with Crippen molar-refractivity contribution in [2.45, 2.75) is 42.7 Å². The van der Waals surface area contributed by atoms with Crippen molar-refractivity contribution in [2.24, 2.45) is 5.73 Å². The van der Waals surface area contributed by atoms with Gasteiger partial charge in [-0.15, -0.1) is 0 Å². The third kappa shape index (κ3) is 3.23. The molecular weight excluding hydrogens is 248 g/mol. The van der Waals surface area contributed by atoms with Gasteiger partial charge in [-0.2, -0.15) is 0 Å². The van der Waals surface area contributed by atoms with Crippen LogP contribution in [0.25, 0.3) is 0 Å². The maximum Gasteiger partial charge on any atom is 0.175 e. The van der Waals surface area contributed by atoms with E-state index in [1.807, 2.05) is 0 Å². The van der Waals surface area contributed by atoms with Gasteiger partial charge in [-0.25, -0.2) is 8.42 Å². The average Bonchev–Trinajstić information content (AvgIpc) is 2.32. The van der Waals surface area contributed by atoms with Crippen molar-refractivity contribution in [1.29, 1.82) is 0 Å². The zero-order valence-electron chi connectivity index (χ0n) is 10.6. The lowest BCUT2D eigenvalue weighted by Crippen LogP contribution is -2.42. The standard InChI is InChI=1S/C13H20N2O2S/c1-18(16,17)11-8-6-10(7-9-11)15-13-5-3-2-4-12(13)14/h6-9,12-13,15H,2-5,14H2,1H3. The third-order valence-corrected chi connectivity index (χ3v) is 4.58. The van der Waals surface area contributed by atoms with Gasteiger partial charge in [-0.1, -0.05) is 12.8 Å². The van der Waals surface area contributed by atoms with E-state index in [4.69, 9.17) is 5.73 Å². The first kappa shape index (κ1) is 13.4. The van der Waals surface area contributed by atoms with Crippen LogP contribution in [0.5, 0.6) is 0 Å². The summed E-state index contributed by atoms with van der Waals surface area (Å²) in [6, 6.07) is 7.35. The number of hydrogen-bond acceptors (Lipinski definition) is 4. The number of sulfone groups is 1. The molecule has 4 nitrogen and oxygen atoms in total. The zero-order chi connectivity index (χ0) is 13.2. The predicted octanol–water partition coefficient (Wildman–Crippen LogP) is 1.77. The monoisotopic (exact) mass is 268 g/mol. The van der Waals surface area contributed by atoms with Crippen molar-refractivity contribution < 1.29 is 8.42 Å². The van der Waals surface area contributed by atoms with Crippen molar-refractivity contribution >= 4 is 15.5 Å². The van der Waals surface area contributed by atoms with Gasteiger partial charge in [-0.3, -0.25) is 0 Å². The molecule has 2 atom stereocenters. The SMILES string of the molecule is CS(=O)(=O)c1ccc(NC2CCCCC2N)cc1. The van der Waals surface area contributed by atoms with Gasteiger partial charge >= 0.3 is 0 Å². The summed E-state index contributed by atoms with van der Waals surface area (Å²) < 4.78 is 22.7. The Morgan fingerprint density at radius 1 is 1.17 bits per heavy atom. The Balaban J connectivity index is 2.06. The van der Waals surface area contributed by atoms with Gasteiger partial charge in [0, 0.05) is 24.0 Å². The fourth-order valence-corrected chi connectivity index (χ4v) is 2.98. The first-order valence-corrected chi connectivity index (χ1v) is 8.18. The number of hydrogen-bond donors (Lipinski definition) is 2. The maximum atomic E-state index is 11.3. The summed E-state index contributed by atoms with van der Waals surface area (Å²) in [5, 5.41) is 3.39. The van der Waals surface area contributed by atoms with Crippen LogP contribution >= 0.6 is 0 Å². The molecule has 0 aromatic heterocycles. The number of anilines is 1. The second-order valence-corrected chi connectivity index (χ2v) is 7.01. The molecule has 1 aliphatic carbocycles. The average molecular weight is 268 g/mol. The van der Waals surface area contributed by atoms with Crippen LogP contribution in [0, 0.1) is 0 Å². The highest BCUT2D eigenvalue weighted by Crippen LogP contribution is 2.22. The fraction of sp³-hybridized carbons (Fsp3) is 0.538. The molecule has 0 aliphatic heterocycles. The molecule has 0 bridgehead atoms. The van der Waals surface area contributed by atoms with Crippen LogP contribution in [0.15, 0.2) is 29.2 Å². The molecule has 2 unspecified atom stereocenters. The Morgan fingerprint density at radius 3 is 2.33 bits per heavy atom. The van der Waals surface area contributed by atoms with Crippen LogP contribution in [-0.4, -0.2) is 26.8 Å². The number of benzene rings is 1. The van der Waals surface area contributed by atoms with E-state index in [0.717, 1.165) is 18.5 Å². The van der Waals surface area contributed by atoms with Crippen LogP contribution < -0.4 is 11.1 Å². The molecule has 1 saturated carbocycles. The van der Waals surface area contributed by atoms with Crippen molar-refractivity contribution in [1.82, 2.24) is 0 Å². The molecule has 1 aromatic rings. The van der Waals surface area contributed by atoms with Crippen LogP contribution in [0.4, 0.5) is 5.69 Å². The third-order valence-electron chi connectivity index (χ3n) is 3.45. The lowest BCUT2D eigenvalue weighted by Gasteiger charge is -2.30. The van der Waals surface area contributed by atoms with Gasteiger partial charge in [0.1, 0.15) is 0 Å². The Labute approximate surface area is 108 Å². The maximum absolute atomic E-state index is 11.3. The largest absolute Gasteiger partial charge is 0.381 e. The van der Waals surface area contributed by atoms with E-state index in [1.165, 1.54) is 19.1 Å². The highest BCUT2D eigenvalue weighted by molar-refractivity contribution is 7.90. The summed E-state index contributed by atoms with van der Waals surface area (Å²) in [7, 11) is -3.12. The molecule has 1 fully saturated rings. The van der Waals surface area contributed by atoms with E-state index in [9.17, 15) is 8.42 Å². The van der Waals surface area contributed by atoms with Crippen molar-refractivity contribution in [3.63, 3.8) is 0 Å². The minimum absolute atomic E-state index is 0.188. The molecular formula is C13H20N2O2S. The smallest absolute Gasteiger partial charge is 0.175 e. The van der Waals surface area contributed by atoms with Gasteiger partial charge in [0.05, 0.1) is 4.90 Å². The quantitative estimate of drug-likeness (QED) is 0.876. The summed E-state index contributed by atoms with van der Waals surface area (Å²) >= 11 is 0. The molecule has 0 spiro atoms. The number of nitrogens with one attached hydrogen (secondary N) is 1. The molecule has 3 N–H and O–H groups in total. The molecule has 0 saturated heterocycles. The highest BCUT2D eigenvalue weighted by Gasteiger charge is 2.21.